The van der Waals surface area contributed by atoms with Crippen molar-refractivity contribution in [3.63, 3.8) is 0 Å². The molecule has 9 heteroatoms. The van der Waals surface area contributed by atoms with Crippen LogP contribution in [-0.2, 0) is 30.5 Å². The van der Waals surface area contributed by atoms with Gasteiger partial charge >= 0.3 is 5.97 Å². The molecule has 0 saturated carbocycles. The molecule has 0 spiro atoms. The lowest BCUT2D eigenvalue weighted by molar-refractivity contribution is -0.152. The van der Waals surface area contributed by atoms with Gasteiger partial charge in [0.1, 0.15) is 0 Å². The van der Waals surface area contributed by atoms with E-state index in [0.717, 1.165) is 5.56 Å². The molecular formula is C19H24ClN3O5. The van der Waals surface area contributed by atoms with Crippen molar-refractivity contribution in [3.05, 3.63) is 34.9 Å². The number of hydrogen-bond donors (Lipinski definition) is 2. The minimum atomic E-state index is -0.632. The van der Waals surface area contributed by atoms with Gasteiger partial charge in [-0.05, 0) is 25.5 Å². The highest BCUT2D eigenvalue weighted by atomic mass is 35.5. The zero-order valence-corrected chi connectivity index (χ0v) is 16.6. The molecule has 0 unspecified atom stereocenters. The van der Waals surface area contributed by atoms with Crippen molar-refractivity contribution in [2.24, 2.45) is 5.92 Å². The third kappa shape index (κ3) is 6.53. The zero-order chi connectivity index (χ0) is 20.7. The van der Waals surface area contributed by atoms with Crippen molar-refractivity contribution in [1.82, 2.24) is 15.5 Å². The van der Waals surface area contributed by atoms with E-state index < -0.39 is 24.4 Å². The van der Waals surface area contributed by atoms with Gasteiger partial charge in [0, 0.05) is 30.6 Å². The Morgan fingerprint density at radius 1 is 1.25 bits per heavy atom. The van der Waals surface area contributed by atoms with E-state index in [-0.39, 0.29) is 37.4 Å². The average molecular weight is 410 g/mol. The lowest BCUT2D eigenvalue weighted by Crippen LogP contribution is -2.41. The molecule has 8 nitrogen and oxygen atoms in total. The first-order valence-electron chi connectivity index (χ1n) is 9.00. The Hall–Kier alpha value is -2.61. The SMILES string of the molecule is CC(C)NC(=O)CNC(=O)COC(=O)[C@H]1CC(=O)N(Cc2ccccc2Cl)C1. The number of benzene rings is 1. The number of nitrogens with zero attached hydrogens (tertiary/aromatic N) is 1. The van der Waals surface area contributed by atoms with Crippen molar-refractivity contribution in [3.8, 4) is 0 Å². The normalized spacial score (nSPS) is 16.2. The molecule has 1 atom stereocenters. The average Bonchev–Trinajstić information content (AvgIpc) is 3.00. The number of esters is 1. The molecule has 1 saturated heterocycles. The van der Waals surface area contributed by atoms with E-state index in [9.17, 15) is 19.2 Å². The Labute approximate surface area is 168 Å². The van der Waals surface area contributed by atoms with E-state index >= 15 is 0 Å². The van der Waals surface area contributed by atoms with Gasteiger partial charge in [-0.15, -0.1) is 0 Å². The van der Waals surface area contributed by atoms with E-state index in [4.69, 9.17) is 16.3 Å². The highest BCUT2D eigenvalue weighted by Gasteiger charge is 2.35. The molecule has 2 N–H and O–H groups in total. The number of hydrogen-bond acceptors (Lipinski definition) is 5. The molecule has 0 aromatic heterocycles. The first-order valence-corrected chi connectivity index (χ1v) is 9.38. The first kappa shape index (κ1) is 21.7. The number of carbonyl (C=O) groups is 4. The monoisotopic (exact) mass is 409 g/mol. The lowest BCUT2D eigenvalue weighted by Gasteiger charge is -2.17. The van der Waals surface area contributed by atoms with Crippen LogP contribution in [0.3, 0.4) is 0 Å². The predicted octanol–water partition coefficient (Wildman–Crippen LogP) is 0.873. The van der Waals surface area contributed by atoms with Gasteiger partial charge in [0.05, 0.1) is 12.5 Å². The molecule has 1 fully saturated rings. The molecule has 0 radical (unpaired) electrons. The summed E-state index contributed by atoms with van der Waals surface area (Å²) in [4.78, 5) is 49.0. The van der Waals surface area contributed by atoms with Gasteiger partial charge in [0.25, 0.3) is 5.91 Å². The summed E-state index contributed by atoms with van der Waals surface area (Å²) in [6, 6.07) is 7.16. The van der Waals surface area contributed by atoms with Crippen molar-refractivity contribution in [1.29, 1.82) is 0 Å². The van der Waals surface area contributed by atoms with Crippen molar-refractivity contribution < 1.29 is 23.9 Å². The van der Waals surface area contributed by atoms with Crippen LogP contribution in [0.2, 0.25) is 5.02 Å². The van der Waals surface area contributed by atoms with Crippen molar-refractivity contribution in [2.45, 2.75) is 32.9 Å². The maximum atomic E-state index is 12.2. The highest BCUT2D eigenvalue weighted by Crippen LogP contribution is 2.24. The summed E-state index contributed by atoms with van der Waals surface area (Å²) in [7, 11) is 0. The van der Waals surface area contributed by atoms with Crippen LogP contribution >= 0.6 is 11.6 Å². The van der Waals surface area contributed by atoms with Crippen LogP contribution in [0.25, 0.3) is 0 Å². The van der Waals surface area contributed by atoms with Gasteiger partial charge in [-0.2, -0.15) is 0 Å². The molecule has 3 amide bonds. The quantitative estimate of drug-likeness (QED) is 0.620. The Bertz CT molecular complexity index is 753. The number of rotatable bonds is 8. The molecule has 2 rings (SSSR count). The van der Waals surface area contributed by atoms with E-state index in [2.05, 4.69) is 10.6 Å². The second-order valence-corrected chi connectivity index (χ2v) is 7.28. The summed E-state index contributed by atoms with van der Waals surface area (Å²) in [5.41, 5.74) is 0.797. The number of nitrogens with one attached hydrogen (secondary N) is 2. The maximum absolute atomic E-state index is 12.2. The standard InChI is InChI=1S/C19H24ClN3O5/c1-12(2)22-16(24)8-21-17(25)11-28-19(27)14-7-18(26)23(10-14)9-13-5-3-4-6-15(13)20/h3-6,12,14H,7-11H2,1-2H3,(H,21,25)(H,22,24)/t14-/m0/s1. The van der Waals surface area contributed by atoms with Gasteiger partial charge in [-0.25, -0.2) is 0 Å². The second kappa shape index (κ2) is 10.1. The fourth-order valence-corrected chi connectivity index (χ4v) is 2.97. The fourth-order valence-electron chi connectivity index (χ4n) is 2.77. The first-order chi connectivity index (χ1) is 13.3. The Balaban J connectivity index is 1.76. The molecular weight excluding hydrogens is 386 g/mol. The van der Waals surface area contributed by atoms with Crippen molar-refractivity contribution in [2.75, 3.05) is 19.7 Å². The summed E-state index contributed by atoms with van der Waals surface area (Å²) in [5.74, 6) is -2.32. The van der Waals surface area contributed by atoms with Crippen LogP contribution in [-0.4, -0.2) is 54.3 Å². The van der Waals surface area contributed by atoms with Crippen LogP contribution in [0, 0.1) is 5.92 Å². The minimum Gasteiger partial charge on any atom is -0.455 e. The van der Waals surface area contributed by atoms with Gasteiger partial charge in [0.15, 0.2) is 6.61 Å². The Morgan fingerprint density at radius 2 is 1.96 bits per heavy atom. The van der Waals surface area contributed by atoms with E-state index in [1.807, 2.05) is 12.1 Å². The van der Waals surface area contributed by atoms with Crippen LogP contribution in [0.4, 0.5) is 0 Å². The van der Waals surface area contributed by atoms with Gasteiger partial charge in [-0.1, -0.05) is 29.8 Å². The molecule has 1 aliphatic heterocycles. The van der Waals surface area contributed by atoms with Gasteiger partial charge in [-0.3, -0.25) is 19.2 Å². The smallest absolute Gasteiger partial charge is 0.311 e. The summed E-state index contributed by atoms with van der Waals surface area (Å²) in [6.45, 7) is 3.44. The van der Waals surface area contributed by atoms with Crippen LogP contribution in [0.15, 0.2) is 24.3 Å². The summed E-state index contributed by atoms with van der Waals surface area (Å²) >= 11 is 6.11. The predicted molar refractivity (Wildman–Crippen MR) is 102 cm³/mol. The molecule has 1 aliphatic rings. The third-order valence-corrected chi connectivity index (χ3v) is 4.48. The second-order valence-electron chi connectivity index (χ2n) is 6.87. The lowest BCUT2D eigenvalue weighted by atomic mass is 10.1. The fraction of sp³-hybridized carbons (Fsp3) is 0.474. The summed E-state index contributed by atoms with van der Waals surface area (Å²) in [6.07, 6.45) is 0.0295. The number of carbonyl (C=O) groups excluding carboxylic acids is 4. The highest BCUT2D eigenvalue weighted by molar-refractivity contribution is 6.31. The number of ether oxygens (including phenoxy) is 1. The number of halogens is 1. The van der Waals surface area contributed by atoms with Gasteiger partial charge in [0.2, 0.25) is 11.8 Å². The van der Waals surface area contributed by atoms with E-state index in [1.165, 1.54) is 0 Å². The van der Waals surface area contributed by atoms with E-state index in [1.54, 1.807) is 30.9 Å². The molecule has 1 aromatic carbocycles. The molecule has 1 heterocycles. The number of amides is 3. The molecule has 1 aromatic rings. The van der Waals surface area contributed by atoms with Crippen molar-refractivity contribution >= 4 is 35.3 Å². The zero-order valence-electron chi connectivity index (χ0n) is 15.9. The van der Waals surface area contributed by atoms with Crippen LogP contribution in [0.1, 0.15) is 25.8 Å². The largest absolute Gasteiger partial charge is 0.455 e. The summed E-state index contributed by atoms with van der Waals surface area (Å²) < 4.78 is 4.98. The molecule has 28 heavy (non-hydrogen) atoms. The van der Waals surface area contributed by atoms with E-state index in [0.29, 0.717) is 11.6 Å². The Morgan fingerprint density at radius 3 is 2.64 bits per heavy atom. The van der Waals surface area contributed by atoms with Gasteiger partial charge < -0.3 is 20.3 Å². The number of likely N-dealkylation sites (tertiary alicyclic amines) is 1. The Kier molecular flexibility index (Phi) is 7.80. The third-order valence-electron chi connectivity index (χ3n) is 4.11. The maximum Gasteiger partial charge on any atom is 0.311 e. The minimum absolute atomic E-state index is 0.0295. The van der Waals surface area contributed by atoms with Crippen LogP contribution in [0.5, 0.6) is 0 Å². The topological polar surface area (TPSA) is 105 Å². The molecule has 152 valence electrons. The molecule has 0 aliphatic carbocycles. The van der Waals surface area contributed by atoms with Crippen LogP contribution < -0.4 is 10.6 Å². The molecule has 0 bridgehead atoms. The summed E-state index contributed by atoms with van der Waals surface area (Å²) in [5, 5.41) is 5.55.